The van der Waals surface area contributed by atoms with Gasteiger partial charge in [0.2, 0.25) is 5.88 Å². The molecule has 7 nitrogen and oxygen atoms in total. The summed E-state index contributed by atoms with van der Waals surface area (Å²) in [5.74, 6) is -0.503. The van der Waals surface area contributed by atoms with E-state index in [0.29, 0.717) is 23.7 Å². The van der Waals surface area contributed by atoms with E-state index in [2.05, 4.69) is 4.98 Å². The molecular formula is C16H17N3O4. The van der Waals surface area contributed by atoms with Gasteiger partial charge in [0.25, 0.3) is 0 Å². The minimum absolute atomic E-state index is 0.155. The van der Waals surface area contributed by atoms with Crippen molar-refractivity contribution in [3.63, 3.8) is 0 Å². The molecule has 2 rings (SSSR count). The standard InChI is InChI=1S/C16H17N3O4/c1-4-22-13-6-5-7-19-12(8-11(9-17)16(20)21)15(18-14(13)19)23-10(2)3/h5-8,10H,4H2,1-3H3,(H,20,21)/b11-8+. The van der Waals surface area contributed by atoms with Gasteiger partial charge in [0.15, 0.2) is 11.4 Å². The Morgan fingerprint density at radius 2 is 2.30 bits per heavy atom. The van der Waals surface area contributed by atoms with Crippen LogP contribution in [0, 0.1) is 11.3 Å². The molecule has 2 aromatic heterocycles. The highest BCUT2D eigenvalue weighted by Gasteiger charge is 2.18. The van der Waals surface area contributed by atoms with Crippen LogP contribution in [0.4, 0.5) is 0 Å². The van der Waals surface area contributed by atoms with Crippen LogP contribution in [0.5, 0.6) is 11.6 Å². The molecule has 0 unspecified atom stereocenters. The molecule has 0 amide bonds. The van der Waals surface area contributed by atoms with Crippen molar-refractivity contribution in [3.05, 3.63) is 29.6 Å². The first-order valence-electron chi connectivity index (χ1n) is 7.13. The van der Waals surface area contributed by atoms with E-state index in [0.717, 1.165) is 0 Å². The molecule has 0 saturated heterocycles. The highest BCUT2D eigenvalue weighted by molar-refractivity contribution is 5.96. The predicted molar refractivity (Wildman–Crippen MR) is 83.4 cm³/mol. The average Bonchev–Trinajstić information content (AvgIpc) is 2.82. The lowest BCUT2D eigenvalue weighted by atomic mass is 10.2. The lowest BCUT2D eigenvalue weighted by Crippen LogP contribution is -2.07. The zero-order valence-corrected chi connectivity index (χ0v) is 13.1. The average molecular weight is 315 g/mol. The van der Waals surface area contributed by atoms with E-state index >= 15 is 0 Å². The molecule has 0 saturated carbocycles. The number of nitriles is 1. The third-order valence-corrected chi connectivity index (χ3v) is 2.90. The van der Waals surface area contributed by atoms with Gasteiger partial charge in [0.1, 0.15) is 17.3 Å². The van der Waals surface area contributed by atoms with Crippen molar-refractivity contribution in [2.45, 2.75) is 26.9 Å². The van der Waals surface area contributed by atoms with Gasteiger partial charge in [0, 0.05) is 6.20 Å². The molecule has 2 aromatic rings. The number of rotatable bonds is 6. The van der Waals surface area contributed by atoms with E-state index in [9.17, 15) is 4.79 Å². The molecule has 0 bridgehead atoms. The van der Waals surface area contributed by atoms with Crippen molar-refractivity contribution in [1.29, 1.82) is 5.26 Å². The number of carbonyl (C=O) groups is 1. The lowest BCUT2D eigenvalue weighted by Gasteiger charge is -2.07. The summed E-state index contributed by atoms with van der Waals surface area (Å²) in [6.45, 7) is 6.00. The molecule has 2 heterocycles. The summed E-state index contributed by atoms with van der Waals surface area (Å²) in [6.07, 6.45) is 2.80. The highest BCUT2D eigenvalue weighted by atomic mass is 16.5. The second kappa shape index (κ2) is 6.83. The molecule has 0 aliphatic heterocycles. The quantitative estimate of drug-likeness (QED) is 0.650. The normalized spacial score (nSPS) is 11.5. The van der Waals surface area contributed by atoms with Crippen LogP contribution in [-0.4, -0.2) is 33.2 Å². The maximum atomic E-state index is 11.1. The van der Waals surface area contributed by atoms with Crippen LogP contribution in [0.25, 0.3) is 11.7 Å². The molecule has 0 atom stereocenters. The van der Waals surface area contributed by atoms with Crippen molar-refractivity contribution in [1.82, 2.24) is 9.38 Å². The number of hydrogen-bond acceptors (Lipinski definition) is 5. The van der Waals surface area contributed by atoms with E-state index in [1.54, 1.807) is 28.8 Å². The van der Waals surface area contributed by atoms with Crippen LogP contribution in [0.1, 0.15) is 26.5 Å². The van der Waals surface area contributed by atoms with Crippen molar-refractivity contribution in [2.75, 3.05) is 6.61 Å². The summed E-state index contributed by atoms with van der Waals surface area (Å²) < 4.78 is 12.8. The maximum absolute atomic E-state index is 11.1. The Balaban J connectivity index is 2.71. The van der Waals surface area contributed by atoms with Gasteiger partial charge in [-0.1, -0.05) is 0 Å². The monoisotopic (exact) mass is 315 g/mol. The van der Waals surface area contributed by atoms with Crippen LogP contribution in [0.3, 0.4) is 0 Å². The number of nitrogens with zero attached hydrogens (tertiary/aromatic N) is 3. The Morgan fingerprint density at radius 3 is 2.87 bits per heavy atom. The Labute approximate surface area is 133 Å². The Hall–Kier alpha value is -3.01. The first-order chi connectivity index (χ1) is 11.0. The van der Waals surface area contributed by atoms with Gasteiger partial charge in [0.05, 0.1) is 12.7 Å². The number of ether oxygens (including phenoxy) is 2. The van der Waals surface area contributed by atoms with Crippen LogP contribution < -0.4 is 9.47 Å². The molecule has 120 valence electrons. The second-order valence-electron chi connectivity index (χ2n) is 4.94. The Morgan fingerprint density at radius 1 is 1.57 bits per heavy atom. The Bertz CT molecular complexity index is 799. The first kappa shape index (κ1) is 16.4. The summed E-state index contributed by atoms with van der Waals surface area (Å²) in [7, 11) is 0. The van der Waals surface area contributed by atoms with Crippen molar-refractivity contribution >= 4 is 17.7 Å². The summed E-state index contributed by atoms with van der Waals surface area (Å²) in [6, 6.07) is 5.18. The van der Waals surface area contributed by atoms with Crippen molar-refractivity contribution in [3.8, 4) is 17.7 Å². The van der Waals surface area contributed by atoms with Gasteiger partial charge < -0.3 is 14.6 Å². The first-order valence-corrected chi connectivity index (χ1v) is 7.13. The largest absolute Gasteiger partial charge is 0.490 e. The minimum atomic E-state index is -1.31. The molecule has 23 heavy (non-hydrogen) atoms. The van der Waals surface area contributed by atoms with Gasteiger partial charge in [-0.15, -0.1) is 0 Å². The molecular weight excluding hydrogens is 298 g/mol. The third kappa shape index (κ3) is 3.43. The number of aromatic nitrogens is 2. The van der Waals surface area contributed by atoms with Gasteiger partial charge in [-0.25, -0.2) is 4.79 Å². The minimum Gasteiger partial charge on any atom is -0.490 e. The third-order valence-electron chi connectivity index (χ3n) is 2.90. The molecule has 0 radical (unpaired) electrons. The van der Waals surface area contributed by atoms with E-state index in [-0.39, 0.29) is 12.0 Å². The number of pyridine rings is 1. The maximum Gasteiger partial charge on any atom is 0.346 e. The van der Waals surface area contributed by atoms with Gasteiger partial charge in [-0.05, 0) is 39.0 Å². The van der Waals surface area contributed by atoms with Crippen molar-refractivity contribution < 1.29 is 19.4 Å². The summed E-state index contributed by atoms with van der Waals surface area (Å²) >= 11 is 0. The molecule has 0 fully saturated rings. The summed E-state index contributed by atoms with van der Waals surface area (Å²) in [4.78, 5) is 15.5. The highest BCUT2D eigenvalue weighted by Crippen LogP contribution is 2.28. The summed E-state index contributed by atoms with van der Waals surface area (Å²) in [5.41, 5.74) is 0.482. The predicted octanol–water partition coefficient (Wildman–Crippen LogP) is 2.51. The van der Waals surface area contributed by atoms with E-state index < -0.39 is 11.5 Å². The number of aliphatic carboxylic acids is 1. The molecule has 7 heteroatoms. The van der Waals surface area contributed by atoms with Crippen LogP contribution in [-0.2, 0) is 4.79 Å². The van der Waals surface area contributed by atoms with Gasteiger partial charge in [-0.2, -0.15) is 10.2 Å². The number of carboxylic acids is 1. The van der Waals surface area contributed by atoms with Crippen LogP contribution >= 0.6 is 0 Å². The second-order valence-corrected chi connectivity index (χ2v) is 4.94. The fraction of sp³-hybridized carbons (Fsp3) is 0.312. The molecule has 0 spiro atoms. The number of imidazole rings is 1. The Kier molecular flexibility index (Phi) is 4.86. The molecule has 0 aliphatic carbocycles. The number of carboxylic acid groups (broad SMARTS) is 1. The smallest absolute Gasteiger partial charge is 0.346 e. The molecule has 0 aliphatic rings. The SMILES string of the molecule is CCOc1cccn2c(/C=C(\C#N)C(=O)O)c(OC(C)C)nc12. The fourth-order valence-electron chi connectivity index (χ4n) is 2.03. The lowest BCUT2D eigenvalue weighted by molar-refractivity contribution is -0.132. The molecule has 1 N–H and O–H groups in total. The zero-order chi connectivity index (χ0) is 17.0. The number of hydrogen-bond donors (Lipinski definition) is 1. The fourth-order valence-corrected chi connectivity index (χ4v) is 2.03. The van der Waals surface area contributed by atoms with Gasteiger partial charge in [-0.3, -0.25) is 4.40 Å². The van der Waals surface area contributed by atoms with Crippen molar-refractivity contribution in [2.24, 2.45) is 0 Å². The van der Waals surface area contributed by atoms with Crippen LogP contribution in [0.15, 0.2) is 23.9 Å². The van der Waals surface area contributed by atoms with Gasteiger partial charge >= 0.3 is 5.97 Å². The topological polar surface area (TPSA) is 96.9 Å². The summed E-state index contributed by atoms with van der Waals surface area (Å²) in [5, 5.41) is 18.1. The van der Waals surface area contributed by atoms with E-state index in [1.807, 2.05) is 20.8 Å². The van der Waals surface area contributed by atoms with E-state index in [1.165, 1.54) is 6.08 Å². The number of fused-ring (bicyclic) bond motifs is 1. The molecule has 0 aromatic carbocycles. The zero-order valence-electron chi connectivity index (χ0n) is 13.1. The van der Waals surface area contributed by atoms with E-state index in [4.69, 9.17) is 19.8 Å². The van der Waals surface area contributed by atoms with Crippen LogP contribution in [0.2, 0.25) is 0 Å².